The fraction of sp³-hybridized carbons (Fsp3) is 0.947. The first-order valence-corrected chi connectivity index (χ1v) is 9.10. The van der Waals surface area contributed by atoms with Gasteiger partial charge in [0.15, 0.2) is 0 Å². The van der Waals surface area contributed by atoms with E-state index in [4.69, 9.17) is 4.74 Å². The molecule has 4 fully saturated rings. The van der Waals surface area contributed by atoms with Gasteiger partial charge in [0, 0.05) is 0 Å². The van der Waals surface area contributed by atoms with Crippen molar-refractivity contribution >= 4 is 5.97 Å². The second kappa shape index (κ2) is 5.59. The van der Waals surface area contributed by atoms with E-state index >= 15 is 0 Å². The number of ether oxygens (including phenoxy) is 1. The van der Waals surface area contributed by atoms with E-state index in [2.05, 4.69) is 6.92 Å². The summed E-state index contributed by atoms with van der Waals surface area (Å²) >= 11 is 0. The molecule has 0 amide bonds. The average Bonchev–Trinajstić information content (AvgIpc) is 2.41. The molecule has 0 unspecified atom stereocenters. The lowest BCUT2D eigenvalue weighted by atomic mass is 9.48. The van der Waals surface area contributed by atoms with Crippen LogP contribution in [0.25, 0.3) is 0 Å². The molecule has 4 aliphatic carbocycles. The Labute approximate surface area is 130 Å². The number of hydrogen-bond acceptors (Lipinski definition) is 2. The van der Waals surface area contributed by atoms with Gasteiger partial charge in [-0.1, -0.05) is 6.92 Å². The summed E-state index contributed by atoms with van der Waals surface area (Å²) in [5.74, 6) is 3.06. The summed E-state index contributed by atoms with van der Waals surface area (Å²) in [6.45, 7) is 6.64. The molecule has 0 heterocycles. The number of carbonyl (C=O) groups is 1. The fourth-order valence-corrected chi connectivity index (χ4v) is 5.55. The summed E-state index contributed by atoms with van der Waals surface area (Å²) < 4.78 is 5.52. The predicted molar refractivity (Wildman–Crippen MR) is 84.9 cm³/mol. The molecule has 0 aromatic rings. The van der Waals surface area contributed by atoms with Gasteiger partial charge in [-0.05, 0) is 94.8 Å². The Bertz CT molecular complexity index is 361. The number of carbonyl (C=O) groups excluding carboxylic acids is 1. The monoisotopic (exact) mass is 292 g/mol. The molecular formula is C19H32O2. The van der Waals surface area contributed by atoms with Crippen molar-refractivity contribution < 1.29 is 9.53 Å². The third-order valence-corrected chi connectivity index (χ3v) is 6.69. The highest BCUT2D eigenvalue weighted by Crippen LogP contribution is 2.61. The van der Waals surface area contributed by atoms with Crippen LogP contribution in [0.15, 0.2) is 0 Å². The molecule has 0 aromatic heterocycles. The van der Waals surface area contributed by atoms with Crippen LogP contribution in [0.2, 0.25) is 0 Å². The lowest BCUT2D eigenvalue weighted by Gasteiger charge is -2.57. The molecule has 120 valence electrons. The van der Waals surface area contributed by atoms with Gasteiger partial charge < -0.3 is 4.74 Å². The van der Waals surface area contributed by atoms with Crippen molar-refractivity contribution in [3.8, 4) is 0 Å². The third kappa shape index (κ3) is 3.14. The number of rotatable bonds is 6. The van der Waals surface area contributed by atoms with Crippen LogP contribution in [0, 0.1) is 28.6 Å². The Morgan fingerprint density at radius 1 is 1.10 bits per heavy atom. The van der Waals surface area contributed by atoms with Crippen molar-refractivity contribution in [3.05, 3.63) is 0 Å². The second-order valence-electron chi connectivity index (χ2n) is 8.89. The fourth-order valence-electron chi connectivity index (χ4n) is 5.55. The minimum absolute atomic E-state index is 0.0180. The summed E-state index contributed by atoms with van der Waals surface area (Å²) in [5, 5.41) is 0. The summed E-state index contributed by atoms with van der Waals surface area (Å²) in [5.41, 5.74) is 0.308. The van der Waals surface area contributed by atoms with E-state index in [0.717, 1.165) is 30.6 Å². The van der Waals surface area contributed by atoms with Gasteiger partial charge in [0.05, 0.1) is 12.0 Å². The Hall–Kier alpha value is -0.530. The maximum atomic E-state index is 12.0. The first-order valence-electron chi connectivity index (χ1n) is 9.10. The van der Waals surface area contributed by atoms with Gasteiger partial charge in [0.2, 0.25) is 0 Å². The van der Waals surface area contributed by atoms with Crippen molar-refractivity contribution in [1.82, 2.24) is 0 Å². The van der Waals surface area contributed by atoms with Crippen LogP contribution < -0.4 is 0 Å². The zero-order valence-corrected chi connectivity index (χ0v) is 14.1. The highest BCUT2D eigenvalue weighted by atomic mass is 16.5. The van der Waals surface area contributed by atoms with Crippen LogP contribution in [0.1, 0.15) is 78.6 Å². The molecule has 0 aromatic carbocycles. The van der Waals surface area contributed by atoms with Gasteiger partial charge in [-0.3, -0.25) is 4.79 Å². The highest BCUT2D eigenvalue weighted by molar-refractivity contribution is 5.75. The SMILES string of the molecule is CCC(C)(C)C(=O)OCCCC12CC3CC(CC(C3)C1)C2. The molecule has 0 atom stereocenters. The van der Waals surface area contributed by atoms with Gasteiger partial charge in [0.1, 0.15) is 0 Å². The van der Waals surface area contributed by atoms with Crippen molar-refractivity contribution in [2.75, 3.05) is 6.61 Å². The molecule has 4 saturated carbocycles. The summed E-state index contributed by atoms with van der Waals surface area (Å²) in [6.07, 6.45) is 12.1. The van der Waals surface area contributed by atoms with E-state index in [1.165, 1.54) is 44.9 Å². The molecule has 2 nitrogen and oxygen atoms in total. The first kappa shape index (κ1) is 15.4. The second-order valence-corrected chi connectivity index (χ2v) is 8.89. The molecule has 0 spiro atoms. The van der Waals surface area contributed by atoms with Crippen LogP contribution in [-0.2, 0) is 9.53 Å². The lowest BCUT2D eigenvalue weighted by molar-refractivity contribution is -0.154. The maximum absolute atomic E-state index is 12.0. The summed E-state index contributed by atoms with van der Waals surface area (Å²) in [6, 6.07) is 0. The molecule has 0 saturated heterocycles. The van der Waals surface area contributed by atoms with Crippen molar-refractivity contribution in [1.29, 1.82) is 0 Å². The van der Waals surface area contributed by atoms with E-state index in [9.17, 15) is 4.79 Å². The number of hydrogen-bond donors (Lipinski definition) is 0. The van der Waals surface area contributed by atoms with E-state index in [1.54, 1.807) is 0 Å². The van der Waals surface area contributed by atoms with Crippen molar-refractivity contribution in [2.24, 2.45) is 28.6 Å². The Balaban J connectivity index is 1.45. The lowest BCUT2D eigenvalue weighted by Crippen LogP contribution is -2.46. The average molecular weight is 292 g/mol. The molecular weight excluding hydrogens is 260 g/mol. The van der Waals surface area contributed by atoms with Gasteiger partial charge in [-0.2, -0.15) is 0 Å². The quantitative estimate of drug-likeness (QED) is 0.511. The van der Waals surface area contributed by atoms with E-state index < -0.39 is 0 Å². The van der Waals surface area contributed by atoms with Crippen LogP contribution in [-0.4, -0.2) is 12.6 Å². The summed E-state index contributed by atoms with van der Waals surface area (Å²) in [7, 11) is 0. The number of esters is 1. The maximum Gasteiger partial charge on any atom is 0.311 e. The third-order valence-electron chi connectivity index (χ3n) is 6.69. The Morgan fingerprint density at radius 2 is 1.62 bits per heavy atom. The van der Waals surface area contributed by atoms with E-state index in [0.29, 0.717) is 12.0 Å². The van der Waals surface area contributed by atoms with E-state index in [1.807, 2.05) is 13.8 Å². The standard InChI is InChI=1S/C19H32O2/c1-4-18(2,3)17(20)21-7-5-6-19-11-14-8-15(12-19)10-16(9-14)13-19/h14-16H,4-13H2,1-3H3. The minimum atomic E-state index is -0.319. The smallest absolute Gasteiger partial charge is 0.311 e. The van der Waals surface area contributed by atoms with Gasteiger partial charge in [-0.25, -0.2) is 0 Å². The Kier molecular flexibility index (Phi) is 4.09. The molecule has 21 heavy (non-hydrogen) atoms. The largest absolute Gasteiger partial charge is 0.465 e. The molecule has 0 aliphatic heterocycles. The highest BCUT2D eigenvalue weighted by Gasteiger charge is 2.50. The topological polar surface area (TPSA) is 26.3 Å². The van der Waals surface area contributed by atoms with Crippen LogP contribution >= 0.6 is 0 Å². The van der Waals surface area contributed by atoms with Gasteiger partial charge in [-0.15, -0.1) is 0 Å². The molecule has 4 bridgehead atoms. The molecule has 0 radical (unpaired) electrons. The summed E-state index contributed by atoms with van der Waals surface area (Å²) in [4.78, 5) is 12.0. The van der Waals surface area contributed by atoms with Crippen LogP contribution in [0.5, 0.6) is 0 Å². The molecule has 2 heteroatoms. The van der Waals surface area contributed by atoms with Gasteiger partial charge >= 0.3 is 5.97 Å². The molecule has 4 aliphatic rings. The minimum Gasteiger partial charge on any atom is -0.465 e. The molecule has 0 N–H and O–H groups in total. The Morgan fingerprint density at radius 3 is 2.10 bits per heavy atom. The normalized spacial score (nSPS) is 37.8. The molecule has 4 rings (SSSR count). The zero-order chi connectivity index (χ0) is 15.1. The first-order chi connectivity index (χ1) is 9.92. The van der Waals surface area contributed by atoms with Crippen molar-refractivity contribution in [3.63, 3.8) is 0 Å². The predicted octanol–water partition coefficient (Wildman–Crippen LogP) is 4.96. The van der Waals surface area contributed by atoms with Gasteiger partial charge in [0.25, 0.3) is 0 Å². The van der Waals surface area contributed by atoms with E-state index in [-0.39, 0.29) is 11.4 Å². The zero-order valence-electron chi connectivity index (χ0n) is 14.1. The van der Waals surface area contributed by atoms with Crippen molar-refractivity contribution in [2.45, 2.75) is 78.6 Å². The van der Waals surface area contributed by atoms with Crippen LogP contribution in [0.4, 0.5) is 0 Å². The van der Waals surface area contributed by atoms with Crippen LogP contribution in [0.3, 0.4) is 0 Å².